The predicted octanol–water partition coefficient (Wildman–Crippen LogP) is 3.86. The van der Waals surface area contributed by atoms with Crippen molar-refractivity contribution in [2.45, 2.75) is 26.8 Å². The van der Waals surface area contributed by atoms with Crippen LogP contribution in [0.1, 0.15) is 32.4 Å². The van der Waals surface area contributed by atoms with Gasteiger partial charge in [0, 0.05) is 18.6 Å². The Morgan fingerprint density at radius 1 is 1.28 bits per heavy atom. The Hall–Kier alpha value is -0.800. The molecule has 1 aromatic rings. The van der Waals surface area contributed by atoms with Gasteiger partial charge in [-0.1, -0.05) is 37.6 Å². The maximum Gasteiger partial charge on any atom is 0.169 e. The Morgan fingerprint density at radius 3 is 2.33 bits per heavy atom. The second kappa shape index (κ2) is 6.95. The molecule has 18 heavy (non-hydrogen) atoms. The van der Waals surface area contributed by atoms with Gasteiger partial charge in [-0.05, 0) is 42.8 Å². The van der Waals surface area contributed by atoms with Crippen LogP contribution in [-0.2, 0) is 0 Å². The van der Waals surface area contributed by atoms with Crippen molar-refractivity contribution in [2.24, 2.45) is 5.92 Å². The van der Waals surface area contributed by atoms with Crippen LogP contribution in [0.15, 0.2) is 24.3 Å². The number of hydrogen-bond acceptors (Lipinski definition) is 1. The molecule has 2 nitrogen and oxygen atoms in total. The van der Waals surface area contributed by atoms with Crippen LogP contribution < -0.4 is 5.32 Å². The predicted molar refractivity (Wildman–Crippen MR) is 83.1 cm³/mol. The van der Waals surface area contributed by atoms with Gasteiger partial charge in [0.1, 0.15) is 0 Å². The third-order valence-corrected chi connectivity index (χ3v) is 3.60. The minimum atomic E-state index is 0.231. The van der Waals surface area contributed by atoms with Crippen LogP contribution in [0.5, 0.6) is 0 Å². The Kier molecular flexibility index (Phi) is 5.89. The van der Waals surface area contributed by atoms with Crippen LogP contribution in [0, 0.1) is 5.92 Å². The zero-order valence-electron chi connectivity index (χ0n) is 11.4. The summed E-state index contributed by atoms with van der Waals surface area (Å²) in [7, 11) is 2.01. The molecular formula is C14H21ClN2S. The number of hydrogen-bond donors (Lipinski definition) is 1. The van der Waals surface area contributed by atoms with Crippen LogP contribution in [0.25, 0.3) is 0 Å². The van der Waals surface area contributed by atoms with Crippen molar-refractivity contribution in [3.8, 4) is 0 Å². The van der Waals surface area contributed by atoms with Gasteiger partial charge in [0.15, 0.2) is 5.11 Å². The SMILES string of the molecule is CC(C)CNC(=S)N(C)C(C)c1ccc(Cl)cc1. The molecule has 0 aliphatic rings. The third-order valence-electron chi connectivity index (χ3n) is 2.92. The summed E-state index contributed by atoms with van der Waals surface area (Å²) in [4.78, 5) is 2.07. The number of halogens is 1. The number of rotatable bonds is 4. The van der Waals surface area contributed by atoms with E-state index in [1.807, 2.05) is 31.3 Å². The molecule has 0 fully saturated rings. The van der Waals surface area contributed by atoms with Gasteiger partial charge in [-0.2, -0.15) is 0 Å². The van der Waals surface area contributed by atoms with E-state index in [1.165, 1.54) is 5.56 Å². The minimum absolute atomic E-state index is 0.231. The van der Waals surface area contributed by atoms with Crippen LogP contribution in [0.3, 0.4) is 0 Å². The van der Waals surface area contributed by atoms with E-state index in [4.69, 9.17) is 23.8 Å². The summed E-state index contributed by atoms with van der Waals surface area (Å²) in [5.74, 6) is 0.585. The molecule has 1 N–H and O–H groups in total. The van der Waals surface area contributed by atoms with E-state index in [1.54, 1.807) is 0 Å². The van der Waals surface area contributed by atoms with Crippen molar-refractivity contribution in [3.05, 3.63) is 34.9 Å². The van der Waals surface area contributed by atoms with Gasteiger partial charge in [-0.25, -0.2) is 0 Å². The first-order chi connectivity index (χ1) is 8.41. The van der Waals surface area contributed by atoms with Crippen molar-refractivity contribution in [3.63, 3.8) is 0 Å². The summed E-state index contributed by atoms with van der Waals surface area (Å²) < 4.78 is 0. The topological polar surface area (TPSA) is 15.3 Å². The Labute approximate surface area is 120 Å². The standard InChI is InChI=1S/C14H21ClN2S/c1-10(2)9-16-14(18)17(4)11(3)12-5-7-13(15)8-6-12/h5-8,10-11H,9H2,1-4H3,(H,16,18). The summed E-state index contributed by atoms with van der Waals surface area (Å²) in [6.45, 7) is 7.36. The Balaban J connectivity index is 2.62. The van der Waals surface area contributed by atoms with Crippen molar-refractivity contribution in [1.29, 1.82) is 0 Å². The first-order valence-electron chi connectivity index (χ1n) is 6.18. The van der Waals surface area contributed by atoms with Crippen molar-refractivity contribution in [1.82, 2.24) is 10.2 Å². The molecule has 0 radical (unpaired) electrons. The molecule has 0 amide bonds. The normalized spacial score (nSPS) is 12.3. The van der Waals surface area contributed by atoms with E-state index < -0.39 is 0 Å². The average Bonchev–Trinajstić information content (AvgIpc) is 2.35. The zero-order chi connectivity index (χ0) is 13.7. The van der Waals surface area contributed by atoms with Crippen molar-refractivity contribution in [2.75, 3.05) is 13.6 Å². The number of thiocarbonyl (C=S) groups is 1. The number of nitrogens with one attached hydrogen (secondary N) is 1. The maximum atomic E-state index is 5.89. The molecule has 0 heterocycles. The molecule has 0 saturated heterocycles. The number of nitrogens with zero attached hydrogens (tertiary/aromatic N) is 1. The molecule has 1 rings (SSSR count). The highest BCUT2D eigenvalue weighted by Gasteiger charge is 2.14. The van der Waals surface area contributed by atoms with Crippen LogP contribution in [0.4, 0.5) is 0 Å². The molecule has 0 bridgehead atoms. The van der Waals surface area contributed by atoms with Crippen LogP contribution >= 0.6 is 23.8 Å². The zero-order valence-corrected chi connectivity index (χ0v) is 13.0. The molecule has 0 aliphatic carbocycles. The lowest BCUT2D eigenvalue weighted by atomic mass is 10.1. The van der Waals surface area contributed by atoms with Crippen LogP contribution in [0.2, 0.25) is 5.02 Å². The quantitative estimate of drug-likeness (QED) is 0.845. The molecule has 0 aliphatic heterocycles. The summed E-state index contributed by atoms with van der Waals surface area (Å²) in [5, 5.41) is 4.82. The smallest absolute Gasteiger partial charge is 0.169 e. The molecular weight excluding hydrogens is 264 g/mol. The van der Waals surface area contributed by atoms with Gasteiger partial charge in [0.05, 0.1) is 6.04 Å². The molecule has 0 aromatic heterocycles. The average molecular weight is 285 g/mol. The summed E-state index contributed by atoms with van der Waals surface area (Å²) in [5.41, 5.74) is 1.20. The molecule has 1 aromatic carbocycles. The maximum absolute atomic E-state index is 5.89. The fourth-order valence-electron chi connectivity index (χ4n) is 1.56. The molecule has 4 heteroatoms. The van der Waals surface area contributed by atoms with Gasteiger partial charge >= 0.3 is 0 Å². The van der Waals surface area contributed by atoms with Crippen LogP contribution in [-0.4, -0.2) is 23.6 Å². The van der Waals surface area contributed by atoms with E-state index in [2.05, 4.69) is 31.0 Å². The van der Waals surface area contributed by atoms with E-state index in [0.717, 1.165) is 16.7 Å². The molecule has 0 saturated carbocycles. The Bertz CT molecular complexity index is 389. The van der Waals surface area contributed by atoms with Crippen molar-refractivity contribution >= 4 is 28.9 Å². The summed E-state index contributed by atoms with van der Waals surface area (Å²) in [6.07, 6.45) is 0. The number of benzene rings is 1. The van der Waals surface area contributed by atoms with Gasteiger partial charge in [0.2, 0.25) is 0 Å². The fourth-order valence-corrected chi connectivity index (χ4v) is 1.92. The van der Waals surface area contributed by atoms with E-state index in [0.29, 0.717) is 5.92 Å². The fraction of sp³-hybridized carbons (Fsp3) is 0.500. The first-order valence-corrected chi connectivity index (χ1v) is 6.96. The molecule has 100 valence electrons. The Morgan fingerprint density at radius 2 is 1.83 bits per heavy atom. The molecule has 0 spiro atoms. The van der Waals surface area contributed by atoms with Crippen molar-refractivity contribution < 1.29 is 0 Å². The molecule has 1 atom stereocenters. The van der Waals surface area contributed by atoms with Gasteiger partial charge in [0.25, 0.3) is 0 Å². The van der Waals surface area contributed by atoms with Gasteiger partial charge < -0.3 is 10.2 Å². The van der Waals surface area contributed by atoms with Gasteiger partial charge in [-0.15, -0.1) is 0 Å². The highest BCUT2D eigenvalue weighted by atomic mass is 35.5. The second-order valence-corrected chi connectivity index (χ2v) is 5.74. The van der Waals surface area contributed by atoms with Gasteiger partial charge in [-0.3, -0.25) is 0 Å². The van der Waals surface area contributed by atoms with E-state index in [9.17, 15) is 0 Å². The lowest BCUT2D eigenvalue weighted by Gasteiger charge is -2.28. The molecule has 1 unspecified atom stereocenters. The summed E-state index contributed by atoms with van der Waals surface area (Å²) in [6, 6.07) is 8.12. The lowest BCUT2D eigenvalue weighted by Crippen LogP contribution is -2.40. The lowest BCUT2D eigenvalue weighted by molar-refractivity contribution is 0.392. The van der Waals surface area contributed by atoms with E-state index in [-0.39, 0.29) is 6.04 Å². The highest BCUT2D eigenvalue weighted by molar-refractivity contribution is 7.80. The highest BCUT2D eigenvalue weighted by Crippen LogP contribution is 2.20. The third kappa shape index (κ3) is 4.46. The second-order valence-electron chi connectivity index (χ2n) is 4.92. The monoisotopic (exact) mass is 284 g/mol. The summed E-state index contributed by atoms with van der Waals surface area (Å²) >= 11 is 11.3. The first kappa shape index (κ1) is 15.3. The van der Waals surface area contributed by atoms with E-state index >= 15 is 0 Å². The largest absolute Gasteiger partial charge is 0.362 e. The minimum Gasteiger partial charge on any atom is -0.362 e.